The van der Waals surface area contributed by atoms with Crippen molar-refractivity contribution in [1.29, 1.82) is 0 Å². The molecule has 1 aromatic carbocycles. The van der Waals surface area contributed by atoms with Gasteiger partial charge < -0.3 is 30.3 Å². The number of benzene rings is 1. The number of aromatic hydroxyl groups is 2. The van der Waals surface area contributed by atoms with Crippen LogP contribution in [0.1, 0.15) is 41.8 Å². The van der Waals surface area contributed by atoms with Crippen molar-refractivity contribution in [2.24, 2.45) is 11.8 Å². The fourth-order valence-electron chi connectivity index (χ4n) is 3.81. The molecule has 0 heterocycles. The van der Waals surface area contributed by atoms with E-state index in [9.17, 15) is 30.3 Å². The van der Waals surface area contributed by atoms with Gasteiger partial charge >= 0.3 is 0 Å². The van der Waals surface area contributed by atoms with Crippen LogP contribution in [0.25, 0.3) is 0 Å². The highest BCUT2D eigenvalue weighted by Gasteiger charge is 2.53. The predicted octanol–water partition coefficient (Wildman–Crippen LogP) is 0.474. The van der Waals surface area contributed by atoms with E-state index in [0.717, 1.165) is 6.07 Å². The van der Waals surface area contributed by atoms with E-state index in [2.05, 4.69) is 0 Å². The number of fused-ring (bicyclic) bond motifs is 2. The summed E-state index contributed by atoms with van der Waals surface area (Å²) in [5.74, 6) is -2.68. The molecule has 0 aliphatic heterocycles. The minimum atomic E-state index is -1.43. The Balaban J connectivity index is 2.17. The predicted molar refractivity (Wildman–Crippen MR) is 78.5 cm³/mol. The lowest BCUT2D eigenvalue weighted by molar-refractivity contribution is -0.131. The molecule has 0 unspecified atom stereocenters. The number of Topliss-reactive ketones (excluding diaryl/α,β-unsaturated/α-hetero) is 1. The topological polar surface area (TPSA) is 127 Å². The Hall–Kier alpha value is -1.83. The fraction of sp³-hybridized carbons (Fsp3) is 0.562. The van der Waals surface area contributed by atoms with Gasteiger partial charge in [-0.15, -0.1) is 0 Å². The number of carbonyl (C=O) groups is 1. The molecule has 2 aliphatic carbocycles. The van der Waals surface area contributed by atoms with E-state index in [1.54, 1.807) is 0 Å². The lowest BCUT2D eigenvalue weighted by Gasteiger charge is -2.46. The van der Waals surface area contributed by atoms with Crippen molar-refractivity contribution in [3.8, 4) is 17.2 Å². The summed E-state index contributed by atoms with van der Waals surface area (Å²) in [7, 11) is 1.29. The number of phenols is 2. The van der Waals surface area contributed by atoms with Crippen molar-refractivity contribution in [2.75, 3.05) is 7.11 Å². The van der Waals surface area contributed by atoms with E-state index in [-0.39, 0.29) is 35.5 Å². The van der Waals surface area contributed by atoms with Gasteiger partial charge in [-0.1, -0.05) is 0 Å². The molecule has 0 amide bonds. The van der Waals surface area contributed by atoms with Crippen molar-refractivity contribution >= 4 is 5.78 Å². The fourth-order valence-corrected chi connectivity index (χ4v) is 3.81. The van der Waals surface area contributed by atoms with E-state index < -0.39 is 41.2 Å². The van der Waals surface area contributed by atoms with Gasteiger partial charge in [0, 0.05) is 23.5 Å². The molecule has 1 fully saturated rings. The zero-order valence-electron chi connectivity index (χ0n) is 12.9. The molecule has 7 heteroatoms. The summed E-state index contributed by atoms with van der Waals surface area (Å²) in [6, 6.07) is 1.12. The van der Waals surface area contributed by atoms with Gasteiger partial charge in [-0.2, -0.15) is 0 Å². The average Bonchev–Trinajstić information content (AvgIpc) is 2.48. The number of ether oxygens (including phenoxy) is 1. The summed E-state index contributed by atoms with van der Waals surface area (Å²) in [6.45, 7) is 1.45. The summed E-state index contributed by atoms with van der Waals surface area (Å²) >= 11 is 0. The van der Waals surface area contributed by atoms with Gasteiger partial charge in [-0.05, 0) is 19.8 Å². The zero-order valence-corrected chi connectivity index (χ0v) is 12.9. The van der Waals surface area contributed by atoms with Crippen LogP contribution in [-0.2, 0) is 0 Å². The molecule has 5 atom stereocenters. The van der Waals surface area contributed by atoms with Crippen molar-refractivity contribution in [3.63, 3.8) is 0 Å². The molecular weight excluding hydrogens is 304 g/mol. The third-order valence-electron chi connectivity index (χ3n) is 5.15. The Bertz CT molecular complexity index is 667. The number of hydrogen-bond donors (Lipinski definition) is 5. The number of phenolic OH excluding ortho intramolecular Hbond substituents is 2. The first-order valence-corrected chi connectivity index (χ1v) is 7.44. The molecule has 23 heavy (non-hydrogen) atoms. The quantitative estimate of drug-likeness (QED) is 0.475. The molecule has 126 valence electrons. The van der Waals surface area contributed by atoms with Gasteiger partial charge in [-0.25, -0.2) is 0 Å². The number of rotatable bonds is 1. The van der Waals surface area contributed by atoms with Crippen LogP contribution in [0, 0.1) is 11.8 Å². The van der Waals surface area contributed by atoms with Crippen LogP contribution in [0.15, 0.2) is 6.07 Å². The monoisotopic (exact) mass is 324 g/mol. The molecule has 1 aromatic rings. The molecule has 0 spiro atoms. The molecule has 0 saturated heterocycles. The summed E-state index contributed by atoms with van der Waals surface area (Å²) in [4.78, 5) is 12.7. The zero-order chi connectivity index (χ0) is 17.1. The second-order valence-electron chi connectivity index (χ2n) is 6.63. The van der Waals surface area contributed by atoms with Crippen LogP contribution in [0.4, 0.5) is 0 Å². The number of carbonyl (C=O) groups excluding carboxylic acids is 1. The third-order valence-corrected chi connectivity index (χ3v) is 5.15. The third kappa shape index (κ3) is 2.19. The molecule has 2 aliphatic rings. The summed E-state index contributed by atoms with van der Waals surface area (Å²) < 4.78 is 4.95. The highest BCUT2D eigenvalue weighted by molar-refractivity contribution is 6.04. The van der Waals surface area contributed by atoms with Crippen LogP contribution in [0.2, 0.25) is 0 Å². The van der Waals surface area contributed by atoms with E-state index >= 15 is 0 Å². The Morgan fingerprint density at radius 3 is 2.57 bits per heavy atom. The van der Waals surface area contributed by atoms with Gasteiger partial charge in [0.1, 0.15) is 5.75 Å². The molecule has 3 rings (SSSR count). The lowest BCUT2D eigenvalue weighted by atomic mass is 9.62. The normalized spacial score (nSPS) is 36.3. The van der Waals surface area contributed by atoms with Gasteiger partial charge in [0.15, 0.2) is 17.3 Å². The molecule has 1 saturated carbocycles. The van der Waals surface area contributed by atoms with Gasteiger partial charge in [0.25, 0.3) is 0 Å². The first-order valence-electron chi connectivity index (χ1n) is 7.44. The Morgan fingerprint density at radius 1 is 1.30 bits per heavy atom. The van der Waals surface area contributed by atoms with E-state index in [1.807, 2.05) is 0 Å². The maximum Gasteiger partial charge on any atom is 0.170 e. The van der Waals surface area contributed by atoms with Crippen LogP contribution in [-0.4, -0.2) is 50.1 Å². The second-order valence-corrected chi connectivity index (χ2v) is 6.63. The molecule has 5 N–H and O–H groups in total. The van der Waals surface area contributed by atoms with Crippen molar-refractivity contribution in [2.45, 2.75) is 37.6 Å². The number of aliphatic hydroxyl groups is 3. The van der Waals surface area contributed by atoms with Gasteiger partial charge in [-0.3, -0.25) is 4.79 Å². The van der Waals surface area contributed by atoms with E-state index in [1.165, 1.54) is 14.0 Å². The van der Waals surface area contributed by atoms with Crippen LogP contribution in [0.5, 0.6) is 17.2 Å². The molecular formula is C16H20O7. The van der Waals surface area contributed by atoms with Crippen molar-refractivity contribution < 1.29 is 35.1 Å². The number of ketones is 1. The van der Waals surface area contributed by atoms with Crippen LogP contribution < -0.4 is 4.74 Å². The maximum atomic E-state index is 12.7. The Morgan fingerprint density at radius 2 is 1.96 bits per heavy atom. The minimum Gasteiger partial charge on any atom is -0.507 e. The van der Waals surface area contributed by atoms with E-state index in [0.29, 0.717) is 0 Å². The maximum absolute atomic E-state index is 12.7. The number of hydrogen-bond acceptors (Lipinski definition) is 7. The standard InChI is InChI=1S/C16H20O7/c1-16(22)5-7-6(3-10(16)18)13(19)11-8(17)4-9(23-2)15(21)12(11)14(7)20/h4,6-7,10,14,17-18,20-22H,3,5H2,1-2H3/t6-,7+,10+,14-,16-/m0/s1. The lowest BCUT2D eigenvalue weighted by Crippen LogP contribution is -2.52. The SMILES string of the molecule is COc1cc(O)c2c(c1O)[C@@H](O)[C@@H]1C[C@](C)(O)[C@H](O)C[C@@H]1C2=O. The van der Waals surface area contributed by atoms with Crippen molar-refractivity contribution in [3.05, 3.63) is 17.2 Å². The first kappa shape index (κ1) is 16.0. The minimum absolute atomic E-state index is 0.00257. The van der Waals surface area contributed by atoms with Crippen LogP contribution >= 0.6 is 0 Å². The summed E-state index contributed by atoms with van der Waals surface area (Å²) in [5.41, 5.74) is -1.66. The molecule has 7 nitrogen and oxygen atoms in total. The first-order chi connectivity index (χ1) is 10.7. The van der Waals surface area contributed by atoms with E-state index in [4.69, 9.17) is 4.74 Å². The smallest absolute Gasteiger partial charge is 0.170 e. The second kappa shape index (κ2) is 5.09. The number of aliphatic hydroxyl groups excluding tert-OH is 2. The largest absolute Gasteiger partial charge is 0.507 e. The molecule has 0 bridgehead atoms. The molecule has 0 radical (unpaired) electrons. The van der Waals surface area contributed by atoms with Gasteiger partial charge in [0.2, 0.25) is 0 Å². The Kier molecular flexibility index (Phi) is 3.55. The van der Waals surface area contributed by atoms with Gasteiger partial charge in [0.05, 0.1) is 30.5 Å². The molecule has 0 aromatic heterocycles. The number of methoxy groups -OCH3 is 1. The highest BCUT2D eigenvalue weighted by atomic mass is 16.5. The average molecular weight is 324 g/mol. The summed E-state index contributed by atoms with van der Waals surface area (Å²) in [6.07, 6.45) is -2.37. The van der Waals surface area contributed by atoms with Crippen molar-refractivity contribution in [1.82, 2.24) is 0 Å². The highest BCUT2D eigenvalue weighted by Crippen LogP contribution is 2.54. The van der Waals surface area contributed by atoms with Crippen LogP contribution in [0.3, 0.4) is 0 Å². The Labute approximate surface area is 132 Å². The summed E-state index contributed by atoms with van der Waals surface area (Å²) in [5, 5.41) is 51.3.